The number of amides is 1. The summed E-state index contributed by atoms with van der Waals surface area (Å²) < 4.78 is 1.62. The molecule has 16 heavy (non-hydrogen) atoms. The zero-order valence-electron chi connectivity index (χ0n) is 9.46. The summed E-state index contributed by atoms with van der Waals surface area (Å²) in [7, 11) is 0. The molecule has 1 rings (SSSR count). The van der Waals surface area contributed by atoms with Crippen LogP contribution in [0.1, 0.15) is 26.2 Å². The average molecular weight is 226 g/mol. The highest BCUT2D eigenvalue weighted by Gasteiger charge is 2.06. The summed E-state index contributed by atoms with van der Waals surface area (Å²) in [6.07, 6.45) is 4.94. The van der Waals surface area contributed by atoms with Crippen LogP contribution in [0.5, 0.6) is 0 Å². The number of nitrogens with zero attached hydrogens (tertiary/aromatic N) is 3. The van der Waals surface area contributed by atoms with Crippen LogP contribution in [0.2, 0.25) is 0 Å². The summed E-state index contributed by atoms with van der Waals surface area (Å²) in [5.41, 5.74) is 0. The molecular weight excluding hydrogens is 208 g/mol. The predicted molar refractivity (Wildman–Crippen MR) is 58.6 cm³/mol. The molecule has 1 aromatic rings. The predicted octanol–water partition coefficient (Wildman–Crippen LogP) is -0.0546. The molecule has 1 aromatic heterocycles. The summed E-state index contributed by atoms with van der Waals surface area (Å²) >= 11 is 0. The first kappa shape index (κ1) is 12.6. The Kier molecular flexibility index (Phi) is 5.49. The Balaban J connectivity index is 2.15. The van der Waals surface area contributed by atoms with Gasteiger partial charge in [-0.05, 0) is 19.8 Å². The van der Waals surface area contributed by atoms with Crippen molar-refractivity contribution in [3.05, 3.63) is 12.7 Å². The molecule has 1 amide bonds. The number of carbonyl (C=O) groups is 1. The van der Waals surface area contributed by atoms with Crippen molar-refractivity contribution in [3.8, 4) is 0 Å². The molecule has 0 spiro atoms. The van der Waals surface area contributed by atoms with E-state index in [9.17, 15) is 4.79 Å². The van der Waals surface area contributed by atoms with Gasteiger partial charge in [0.25, 0.3) is 0 Å². The average Bonchev–Trinajstić information content (AvgIpc) is 2.76. The minimum atomic E-state index is 0.000870. The third-order valence-electron chi connectivity index (χ3n) is 2.24. The normalized spacial score (nSPS) is 12.4. The molecule has 0 aliphatic heterocycles. The molecule has 6 nitrogen and oxygen atoms in total. The first-order valence-corrected chi connectivity index (χ1v) is 5.45. The highest BCUT2D eigenvalue weighted by molar-refractivity contribution is 5.76. The molecule has 2 N–H and O–H groups in total. The number of aromatic nitrogens is 3. The van der Waals surface area contributed by atoms with Crippen molar-refractivity contribution < 1.29 is 9.90 Å². The molecule has 0 bridgehead atoms. The van der Waals surface area contributed by atoms with E-state index in [4.69, 9.17) is 5.11 Å². The monoisotopic (exact) mass is 226 g/mol. The molecule has 0 radical (unpaired) electrons. The van der Waals surface area contributed by atoms with E-state index in [-0.39, 0.29) is 18.6 Å². The van der Waals surface area contributed by atoms with Crippen LogP contribution >= 0.6 is 0 Å². The number of rotatable bonds is 7. The molecule has 90 valence electrons. The minimum absolute atomic E-state index is 0.000870. The first-order chi connectivity index (χ1) is 7.72. The number of aliphatic hydroxyl groups is 1. The Morgan fingerprint density at radius 3 is 3.06 bits per heavy atom. The van der Waals surface area contributed by atoms with E-state index in [0.29, 0.717) is 19.4 Å². The molecule has 1 atom stereocenters. The highest BCUT2D eigenvalue weighted by atomic mass is 16.3. The lowest BCUT2D eigenvalue weighted by Crippen LogP contribution is -2.33. The molecule has 0 fully saturated rings. The highest BCUT2D eigenvalue weighted by Crippen LogP contribution is 1.96. The molecule has 0 saturated carbocycles. The molecule has 1 unspecified atom stereocenters. The Bertz CT molecular complexity index is 300. The van der Waals surface area contributed by atoms with Gasteiger partial charge in [-0.15, -0.1) is 0 Å². The summed E-state index contributed by atoms with van der Waals surface area (Å²) in [5, 5.41) is 15.4. The number of aryl methyl sites for hydroxylation is 1. The van der Waals surface area contributed by atoms with Crippen molar-refractivity contribution in [3.63, 3.8) is 0 Å². The van der Waals surface area contributed by atoms with Crippen molar-refractivity contribution in [2.24, 2.45) is 0 Å². The van der Waals surface area contributed by atoms with Crippen molar-refractivity contribution >= 4 is 5.91 Å². The van der Waals surface area contributed by atoms with Gasteiger partial charge in [-0.25, -0.2) is 4.98 Å². The Labute approximate surface area is 94.7 Å². The second kappa shape index (κ2) is 6.95. The Morgan fingerprint density at radius 2 is 2.44 bits per heavy atom. The standard InChI is InChI=1S/C10H18N4O2/c1-9(3-2-6-15)13-10(16)4-5-14-8-11-7-12-14/h7-9,15H,2-6H2,1H3,(H,13,16). The zero-order valence-corrected chi connectivity index (χ0v) is 9.46. The van der Waals surface area contributed by atoms with Gasteiger partial charge in [0.15, 0.2) is 0 Å². The van der Waals surface area contributed by atoms with Crippen LogP contribution in [0.3, 0.4) is 0 Å². The molecule has 0 aliphatic rings. The van der Waals surface area contributed by atoms with E-state index < -0.39 is 0 Å². The summed E-state index contributed by atoms with van der Waals surface area (Å²) in [6.45, 7) is 2.64. The quantitative estimate of drug-likeness (QED) is 0.683. The SMILES string of the molecule is CC(CCCO)NC(=O)CCn1cncn1. The minimum Gasteiger partial charge on any atom is -0.396 e. The summed E-state index contributed by atoms with van der Waals surface area (Å²) in [5.74, 6) is 0.000870. The molecule has 0 aromatic carbocycles. The maximum absolute atomic E-state index is 11.5. The lowest BCUT2D eigenvalue weighted by Gasteiger charge is -2.12. The maximum atomic E-state index is 11.5. The van der Waals surface area contributed by atoms with E-state index in [1.54, 1.807) is 11.0 Å². The number of hydrogen-bond donors (Lipinski definition) is 2. The molecule has 6 heteroatoms. The van der Waals surface area contributed by atoms with Gasteiger partial charge in [-0.1, -0.05) is 0 Å². The van der Waals surface area contributed by atoms with Crippen LogP contribution in [-0.4, -0.2) is 38.4 Å². The third kappa shape index (κ3) is 4.88. The molecule has 0 saturated heterocycles. The Morgan fingerprint density at radius 1 is 1.62 bits per heavy atom. The van der Waals surface area contributed by atoms with Crippen molar-refractivity contribution in [1.82, 2.24) is 20.1 Å². The fourth-order valence-electron chi connectivity index (χ4n) is 1.38. The van der Waals surface area contributed by atoms with Crippen molar-refractivity contribution in [2.75, 3.05) is 6.61 Å². The van der Waals surface area contributed by atoms with E-state index in [1.807, 2.05) is 6.92 Å². The largest absolute Gasteiger partial charge is 0.396 e. The number of nitrogens with one attached hydrogen (secondary N) is 1. The summed E-state index contributed by atoms with van der Waals surface area (Å²) in [6, 6.07) is 0.107. The zero-order chi connectivity index (χ0) is 11.8. The fraction of sp³-hybridized carbons (Fsp3) is 0.700. The van der Waals surface area contributed by atoms with Gasteiger partial charge in [0, 0.05) is 19.1 Å². The Hall–Kier alpha value is -1.43. The molecule has 0 aliphatic carbocycles. The molecular formula is C10H18N4O2. The summed E-state index contributed by atoms with van der Waals surface area (Å²) in [4.78, 5) is 15.3. The van der Waals surface area contributed by atoms with E-state index in [1.165, 1.54) is 6.33 Å². The van der Waals surface area contributed by atoms with Gasteiger partial charge in [0.1, 0.15) is 12.7 Å². The lowest BCUT2D eigenvalue weighted by molar-refractivity contribution is -0.122. The smallest absolute Gasteiger partial charge is 0.222 e. The topological polar surface area (TPSA) is 80.0 Å². The number of hydrogen-bond acceptors (Lipinski definition) is 4. The second-order valence-electron chi connectivity index (χ2n) is 3.74. The van der Waals surface area contributed by atoms with Crippen LogP contribution < -0.4 is 5.32 Å². The van der Waals surface area contributed by atoms with Crippen LogP contribution in [0.25, 0.3) is 0 Å². The van der Waals surface area contributed by atoms with Gasteiger partial charge in [-0.3, -0.25) is 9.48 Å². The number of aliphatic hydroxyl groups excluding tert-OH is 1. The van der Waals surface area contributed by atoms with Crippen LogP contribution in [0.15, 0.2) is 12.7 Å². The van der Waals surface area contributed by atoms with Crippen molar-refractivity contribution in [1.29, 1.82) is 0 Å². The van der Waals surface area contributed by atoms with Crippen LogP contribution in [0.4, 0.5) is 0 Å². The van der Waals surface area contributed by atoms with Gasteiger partial charge in [0.05, 0.1) is 6.54 Å². The van der Waals surface area contributed by atoms with E-state index >= 15 is 0 Å². The van der Waals surface area contributed by atoms with E-state index in [2.05, 4.69) is 15.4 Å². The van der Waals surface area contributed by atoms with Crippen LogP contribution in [0, 0.1) is 0 Å². The van der Waals surface area contributed by atoms with Crippen molar-refractivity contribution in [2.45, 2.75) is 38.8 Å². The van der Waals surface area contributed by atoms with Gasteiger partial charge < -0.3 is 10.4 Å². The second-order valence-corrected chi connectivity index (χ2v) is 3.74. The molecule has 1 heterocycles. The van der Waals surface area contributed by atoms with Gasteiger partial charge >= 0.3 is 0 Å². The van der Waals surface area contributed by atoms with Gasteiger partial charge in [0.2, 0.25) is 5.91 Å². The van der Waals surface area contributed by atoms with E-state index in [0.717, 1.165) is 6.42 Å². The van der Waals surface area contributed by atoms with Gasteiger partial charge in [-0.2, -0.15) is 5.10 Å². The first-order valence-electron chi connectivity index (χ1n) is 5.45. The fourth-order valence-corrected chi connectivity index (χ4v) is 1.38. The van der Waals surface area contributed by atoms with Crippen LogP contribution in [-0.2, 0) is 11.3 Å². The lowest BCUT2D eigenvalue weighted by atomic mass is 10.2. The maximum Gasteiger partial charge on any atom is 0.222 e. The third-order valence-corrected chi connectivity index (χ3v) is 2.24. The number of carbonyl (C=O) groups excluding carboxylic acids is 1.